The molecule has 0 radical (unpaired) electrons. The third-order valence-electron chi connectivity index (χ3n) is 3.93. The Kier molecular flexibility index (Phi) is 6.71. The molecule has 2 heterocycles. The molecule has 0 aliphatic heterocycles. The topological polar surface area (TPSA) is 70.1 Å². The van der Waals surface area contributed by atoms with Gasteiger partial charge in [-0.25, -0.2) is 0 Å². The van der Waals surface area contributed by atoms with Crippen LogP contribution in [0.2, 0.25) is 0 Å². The summed E-state index contributed by atoms with van der Waals surface area (Å²) in [5.74, 6) is 0.315. The van der Waals surface area contributed by atoms with E-state index in [2.05, 4.69) is 36.5 Å². The average Bonchev–Trinajstić information content (AvgIpc) is 2.67. The van der Waals surface area contributed by atoms with Gasteiger partial charge < -0.3 is 15.7 Å². The number of pyridine rings is 2. The van der Waals surface area contributed by atoms with Crippen molar-refractivity contribution < 1.29 is 5.11 Å². The highest BCUT2D eigenvalue weighted by atomic mass is 79.9. The van der Waals surface area contributed by atoms with E-state index in [-0.39, 0.29) is 0 Å². The van der Waals surface area contributed by atoms with E-state index in [0.29, 0.717) is 31.9 Å². The molecule has 0 aliphatic rings. The fourth-order valence-corrected chi connectivity index (χ4v) is 3.20. The molecule has 134 valence electrons. The molecule has 2 aromatic heterocycles. The summed E-state index contributed by atoms with van der Waals surface area (Å²) in [5, 5.41) is 17.2. The quantitative estimate of drug-likeness (QED) is 0.527. The number of hydrogen-bond donors (Lipinski definition) is 3. The van der Waals surface area contributed by atoms with Gasteiger partial charge in [-0.3, -0.25) is 9.97 Å². The van der Waals surface area contributed by atoms with Crippen molar-refractivity contribution in [1.29, 1.82) is 0 Å². The van der Waals surface area contributed by atoms with E-state index in [0.717, 1.165) is 27.0 Å². The van der Waals surface area contributed by atoms with Gasteiger partial charge in [0, 0.05) is 54.2 Å². The standard InChI is InChI=1S/C20H21BrN4O/c21-17-9-15(11-22-13-18-5-1-3-7-24-18)20(26)16(10-17)12-23-14-19-6-2-4-8-25-19/h1-10,22-23,26H,11-14H2. The molecule has 0 spiro atoms. The molecule has 5 nitrogen and oxygen atoms in total. The summed E-state index contributed by atoms with van der Waals surface area (Å²) >= 11 is 3.53. The van der Waals surface area contributed by atoms with Crippen molar-refractivity contribution in [3.63, 3.8) is 0 Å². The van der Waals surface area contributed by atoms with Gasteiger partial charge in [0.1, 0.15) is 5.75 Å². The molecule has 0 unspecified atom stereocenters. The van der Waals surface area contributed by atoms with E-state index in [9.17, 15) is 5.11 Å². The number of aromatic nitrogens is 2. The van der Waals surface area contributed by atoms with Gasteiger partial charge in [-0.05, 0) is 36.4 Å². The minimum atomic E-state index is 0.315. The summed E-state index contributed by atoms with van der Waals surface area (Å²) in [4.78, 5) is 8.57. The van der Waals surface area contributed by atoms with E-state index in [1.54, 1.807) is 12.4 Å². The zero-order valence-corrected chi connectivity index (χ0v) is 15.9. The number of benzene rings is 1. The van der Waals surface area contributed by atoms with Crippen LogP contribution < -0.4 is 10.6 Å². The van der Waals surface area contributed by atoms with Crippen molar-refractivity contribution in [3.05, 3.63) is 87.9 Å². The monoisotopic (exact) mass is 412 g/mol. The van der Waals surface area contributed by atoms with Crippen LogP contribution in [0.3, 0.4) is 0 Å². The molecule has 0 amide bonds. The lowest BCUT2D eigenvalue weighted by atomic mass is 10.1. The molecular weight excluding hydrogens is 392 g/mol. The maximum absolute atomic E-state index is 10.6. The Bertz CT molecular complexity index is 761. The van der Waals surface area contributed by atoms with Crippen molar-refractivity contribution in [1.82, 2.24) is 20.6 Å². The number of phenolic OH excluding ortho intramolecular Hbond substituents is 1. The largest absolute Gasteiger partial charge is 0.507 e. The number of hydrogen-bond acceptors (Lipinski definition) is 5. The molecule has 0 bridgehead atoms. The van der Waals surface area contributed by atoms with Gasteiger partial charge in [-0.15, -0.1) is 0 Å². The summed E-state index contributed by atoms with van der Waals surface area (Å²) < 4.78 is 0.944. The maximum Gasteiger partial charge on any atom is 0.124 e. The van der Waals surface area contributed by atoms with E-state index in [1.807, 2.05) is 48.5 Å². The fourth-order valence-electron chi connectivity index (χ4n) is 2.64. The second kappa shape index (κ2) is 9.43. The first kappa shape index (κ1) is 18.5. The van der Waals surface area contributed by atoms with Gasteiger partial charge in [0.25, 0.3) is 0 Å². The van der Waals surface area contributed by atoms with E-state index >= 15 is 0 Å². The van der Waals surface area contributed by atoms with Crippen molar-refractivity contribution >= 4 is 15.9 Å². The van der Waals surface area contributed by atoms with Crippen molar-refractivity contribution in [2.45, 2.75) is 26.2 Å². The predicted octanol–water partition coefficient (Wildman–Crippen LogP) is 3.52. The molecule has 3 rings (SSSR count). The van der Waals surface area contributed by atoms with Gasteiger partial charge in [0.15, 0.2) is 0 Å². The highest BCUT2D eigenvalue weighted by molar-refractivity contribution is 9.10. The molecule has 0 atom stereocenters. The molecule has 0 fully saturated rings. The zero-order chi connectivity index (χ0) is 18.2. The van der Waals surface area contributed by atoms with Gasteiger partial charge in [0.2, 0.25) is 0 Å². The van der Waals surface area contributed by atoms with Crippen LogP contribution in [0.5, 0.6) is 5.75 Å². The number of phenols is 1. The molecule has 0 saturated heterocycles. The molecule has 6 heteroatoms. The van der Waals surface area contributed by atoms with E-state index < -0.39 is 0 Å². The number of halogens is 1. The highest BCUT2D eigenvalue weighted by Gasteiger charge is 2.09. The first-order valence-corrected chi connectivity index (χ1v) is 9.23. The summed E-state index contributed by atoms with van der Waals surface area (Å²) in [6, 6.07) is 15.5. The lowest BCUT2D eigenvalue weighted by Crippen LogP contribution is -2.16. The van der Waals surface area contributed by atoms with Gasteiger partial charge in [-0.2, -0.15) is 0 Å². The Morgan fingerprint density at radius 1 is 0.769 bits per heavy atom. The van der Waals surface area contributed by atoms with Crippen LogP contribution >= 0.6 is 15.9 Å². The Morgan fingerprint density at radius 2 is 1.27 bits per heavy atom. The summed E-state index contributed by atoms with van der Waals surface area (Å²) in [5.41, 5.74) is 3.65. The van der Waals surface area contributed by atoms with Crippen LogP contribution in [-0.4, -0.2) is 15.1 Å². The van der Waals surface area contributed by atoms with Gasteiger partial charge in [-0.1, -0.05) is 28.1 Å². The van der Waals surface area contributed by atoms with E-state index in [1.165, 1.54) is 0 Å². The van der Waals surface area contributed by atoms with Gasteiger partial charge in [0.05, 0.1) is 11.4 Å². The van der Waals surface area contributed by atoms with Crippen molar-refractivity contribution in [2.75, 3.05) is 0 Å². The fraction of sp³-hybridized carbons (Fsp3) is 0.200. The number of aromatic hydroxyl groups is 1. The molecule has 3 N–H and O–H groups in total. The smallest absolute Gasteiger partial charge is 0.124 e. The minimum Gasteiger partial charge on any atom is -0.507 e. The first-order chi connectivity index (χ1) is 12.7. The normalized spacial score (nSPS) is 10.8. The number of nitrogens with zero attached hydrogens (tertiary/aromatic N) is 2. The SMILES string of the molecule is Oc1c(CNCc2ccccn2)cc(Br)cc1CNCc1ccccn1. The molecule has 3 aromatic rings. The summed E-state index contributed by atoms with van der Waals surface area (Å²) in [6.07, 6.45) is 3.55. The van der Waals surface area contributed by atoms with Gasteiger partial charge >= 0.3 is 0 Å². The van der Waals surface area contributed by atoms with Crippen molar-refractivity contribution in [2.24, 2.45) is 0 Å². The van der Waals surface area contributed by atoms with Crippen LogP contribution in [0.25, 0.3) is 0 Å². The maximum atomic E-state index is 10.6. The third-order valence-corrected chi connectivity index (χ3v) is 4.39. The molecule has 1 aromatic carbocycles. The minimum absolute atomic E-state index is 0.315. The summed E-state index contributed by atoms with van der Waals surface area (Å²) in [7, 11) is 0. The molecule has 0 saturated carbocycles. The molecule has 26 heavy (non-hydrogen) atoms. The van der Waals surface area contributed by atoms with Crippen molar-refractivity contribution in [3.8, 4) is 5.75 Å². The summed E-state index contributed by atoms with van der Waals surface area (Å²) in [6.45, 7) is 2.43. The van der Waals surface area contributed by atoms with Crippen LogP contribution in [0.15, 0.2) is 65.4 Å². The Morgan fingerprint density at radius 3 is 1.69 bits per heavy atom. The van der Waals surface area contributed by atoms with Crippen LogP contribution in [0.1, 0.15) is 22.5 Å². The van der Waals surface area contributed by atoms with Crippen LogP contribution in [0.4, 0.5) is 0 Å². The molecular formula is C20H21BrN4O. The zero-order valence-electron chi connectivity index (χ0n) is 14.3. The Balaban J connectivity index is 1.58. The Labute approximate surface area is 161 Å². The second-order valence-corrected chi connectivity index (χ2v) is 6.84. The Hall–Kier alpha value is -2.28. The van der Waals surface area contributed by atoms with Crippen LogP contribution in [-0.2, 0) is 26.2 Å². The highest BCUT2D eigenvalue weighted by Crippen LogP contribution is 2.27. The molecule has 0 aliphatic carbocycles. The first-order valence-electron chi connectivity index (χ1n) is 8.44. The third kappa shape index (κ3) is 5.36. The lowest BCUT2D eigenvalue weighted by Gasteiger charge is -2.13. The predicted molar refractivity (Wildman–Crippen MR) is 105 cm³/mol. The lowest BCUT2D eigenvalue weighted by molar-refractivity contribution is 0.453. The second-order valence-electron chi connectivity index (χ2n) is 5.92. The average molecular weight is 413 g/mol. The van der Waals surface area contributed by atoms with E-state index in [4.69, 9.17) is 0 Å². The van der Waals surface area contributed by atoms with Crippen LogP contribution in [0, 0.1) is 0 Å². The number of rotatable bonds is 8. The number of nitrogens with one attached hydrogen (secondary N) is 2.